The van der Waals surface area contributed by atoms with E-state index < -0.39 is 20.9 Å². The van der Waals surface area contributed by atoms with Gasteiger partial charge < -0.3 is 5.32 Å². The van der Waals surface area contributed by atoms with E-state index in [2.05, 4.69) is 10.0 Å². The van der Waals surface area contributed by atoms with Gasteiger partial charge in [0.25, 0.3) is 21.6 Å². The molecule has 0 aliphatic heterocycles. The molecule has 0 fully saturated rings. The van der Waals surface area contributed by atoms with Crippen LogP contribution in [-0.2, 0) is 10.0 Å². The fraction of sp³-hybridized carbons (Fsp3) is 0.0500. The molecule has 0 aromatic heterocycles. The molecule has 0 radical (unpaired) electrons. The highest BCUT2D eigenvalue weighted by molar-refractivity contribution is 7.92. The number of nitro benzene ring substituents is 1. The van der Waals surface area contributed by atoms with Gasteiger partial charge in [-0.2, -0.15) is 0 Å². The second kappa shape index (κ2) is 8.52. The lowest BCUT2D eigenvalue weighted by Crippen LogP contribution is -2.16. The summed E-state index contributed by atoms with van der Waals surface area (Å²) in [6.07, 6.45) is 0. The Morgan fingerprint density at radius 2 is 1.73 bits per heavy atom. The van der Waals surface area contributed by atoms with E-state index in [-0.39, 0.29) is 32.5 Å². The van der Waals surface area contributed by atoms with Crippen molar-refractivity contribution in [3.8, 4) is 0 Å². The fourth-order valence-corrected chi connectivity index (χ4v) is 3.90. The minimum absolute atomic E-state index is 0.0100. The summed E-state index contributed by atoms with van der Waals surface area (Å²) in [5.41, 5.74) is 0.845. The minimum atomic E-state index is -3.85. The number of sulfonamides is 1. The Kier molecular flexibility index (Phi) is 6.04. The van der Waals surface area contributed by atoms with Crippen LogP contribution in [-0.4, -0.2) is 19.2 Å². The van der Waals surface area contributed by atoms with Gasteiger partial charge in [-0.3, -0.25) is 19.6 Å². The minimum Gasteiger partial charge on any atom is -0.321 e. The second-order valence-electron chi connectivity index (χ2n) is 6.32. The molecule has 0 bridgehead atoms. The molecule has 0 spiro atoms. The number of hydrogen-bond acceptors (Lipinski definition) is 5. The lowest BCUT2D eigenvalue weighted by Gasteiger charge is -2.12. The number of carbonyl (C=O) groups excluding carboxylic acids is 1. The smallest absolute Gasteiger partial charge is 0.271 e. The first-order chi connectivity index (χ1) is 14.2. The molecule has 0 heterocycles. The third kappa shape index (κ3) is 4.76. The summed E-state index contributed by atoms with van der Waals surface area (Å²) in [6, 6.07) is 16.0. The number of aryl methyl sites for hydroxylation is 1. The maximum Gasteiger partial charge on any atom is 0.271 e. The molecule has 154 valence electrons. The van der Waals surface area contributed by atoms with Gasteiger partial charge in [0.15, 0.2) is 0 Å². The molecule has 10 heteroatoms. The van der Waals surface area contributed by atoms with Crippen molar-refractivity contribution in [2.45, 2.75) is 11.8 Å². The lowest BCUT2D eigenvalue weighted by atomic mass is 10.1. The van der Waals surface area contributed by atoms with E-state index in [0.29, 0.717) is 5.56 Å². The number of hydrogen-bond donors (Lipinski definition) is 2. The predicted molar refractivity (Wildman–Crippen MR) is 114 cm³/mol. The number of carbonyl (C=O) groups is 1. The van der Waals surface area contributed by atoms with Crippen molar-refractivity contribution in [3.63, 3.8) is 0 Å². The molecule has 0 aliphatic rings. The summed E-state index contributed by atoms with van der Waals surface area (Å²) in [5.74, 6) is -0.635. The van der Waals surface area contributed by atoms with Crippen LogP contribution in [0.2, 0.25) is 5.02 Å². The maximum atomic E-state index is 12.7. The number of halogens is 1. The Morgan fingerprint density at radius 1 is 1.03 bits per heavy atom. The van der Waals surface area contributed by atoms with E-state index in [0.717, 1.165) is 0 Å². The number of amides is 1. The number of anilines is 2. The largest absolute Gasteiger partial charge is 0.321 e. The molecule has 0 aliphatic carbocycles. The van der Waals surface area contributed by atoms with Gasteiger partial charge >= 0.3 is 0 Å². The standard InChI is InChI=1S/C20H16ClN3O5S/c1-13-7-9-15(24(26)27)12-19(13)22-20(25)17-11-14(8-10-18(17)21)23-30(28,29)16-5-3-2-4-6-16/h2-12,23H,1H3,(H,22,25). The molecular weight excluding hydrogens is 430 g/mol. The number of rotatable bonds is 6. The number of nitrogens with zero attached hydrogens (tertiary/aromatic N) is 1. The Morgan fingerprint density at radius 3 is 2.40 bits per heavy atom. The van der Waals surface area contributed by atoms with Crippen LogP contribution >= 0.6 is 11.6 Å². The van der Waals surface area contributed by atoms with Crippen LogP contribution in [0.25, 0.3) is 0 Å². The van der Waals surface area contributed by atoms with Crippen LogP contribution in [0.15, 0.2) is 71.6 Å². The molecule has 0 saturated heterocycles. The number of non-ortho nitro benzene ring substituents is 1. The monoisotopic (exact) mass is 445 g/mol. The number of benzene rings is 3. The maximum absolute atomic E-state index is 12.7. The molecule has 8 nitrogen and oxygen atoms in total. The molecule has 0 atom stereocenters. The van der Waals surface area contributed by atoms with E-state index in [1.807, 2.05) is 0 Å². The van der Waals surface area contributed by atoms with Crippen molar-refractivity contribution in [1.29, 1.82) is 0 Å². The van der Waals surface area contributed by atoms with Crippen molar-refractivity contribution < 1.29 is 18.1 Å². The summed E-state index contributed by atoms with van der Waals surface area (Å²) < 4.78 is 27.4. The van der Waals surface area contributed by atoms with Gasteiger partial charge in [0, 0.05) is 17.8 Å². The highest BCUT2D eigenvalue weighted by atomic mass is 35.5. The lowest BCUT2D eigenvalue weighted by molar-refractivity contribution is -0.384. The van der Waals surface area contributed by atoms with Crippen molar-refractivity contribution in [2.24, 2.45) is 0 Å². The van der Waals surface area contributed by atoms with Crippen molar-refractivity contribution >= 4 is 44.6 Å². The van der Waals surface area contributed by atoms with Crippen molar-refractivity contribution in [1.82, 2.24) is 0 Å². The number of nitrogens with one attached hydrogen (secondary N) is 2. The summed E-state index contributed by atoms with van der Waals surface area (Å²) in [7, 11) is -3.85. The molecule has 3 rings (SSSR count). The molecule has 30 heavy (non-hydrogen) atoms. The highest BCUT2D eigenvalue weighted by Gasteiger charge is 2.18. The first kappa shape index (κ1) is 21.3. The van der Waals surface area contributed by atoms with E-state index in [1.165, 1.54) is 48.5 Å². The van der Waals surface area contributed by atoms with Crippen LogP contribution in [0.1, 0.15) is 15.9 Å². The Hall–Kier alpha value is -3.43. The fourth-order valence-electron chi connectivity index (χ4n) is 2.62. The van der Waals surface area contributed by atoms with Gasteiger partial charge in [-0.15, -0.1) is 0 Å². The van der Waals surface area contributed by atoms with Crippen LogP contribution in [0.5, 0.6) is 0 Å². The van der Waals surface area contributed by atoms with Crippen molar-refractivity contribution in [2.75, 3.05) is 10.0 Å². The van der Waals surface area contributed by atoms with Crippen LogP contribution in [0, 0.1) is 17.0 Å². The van der Waals surface area contributed by atoms with Gasteiger partial charge in [0.1, 0.15) is 0 Å². The SMILES string of the molecule is Cc1ccc([N+](=O)[O-])cc1NC(=O)c1cc(NS(=O)(=O)c2ccccc2)ccc1Cl. The highest BCUT2D eigenvalue weighted by Crippen LogP contribution is 2.26. The average molecular weight is 446 g/mol. The normalized spacial score (nSPS) is 11.0. The third-order valence-corrected chi connectivity index (χ3v) is 5.92. The Balaban J connectivity index is 1.88. The first-order valence-corrected chi connectivity index (χ1v) is 10.5. The summed E-state index contributed by atoms with van der Waals surface area (Å²) in [5, 5.41) is 13.7. The van der Waals surface area contributed by atoms with E-state index >= 15 is 0 Å². The molecule has 1 amide bonds. The van der Waals surface area contributed by atoms with Crippen LogP contribution in [0.3, 0.4) is 0 Å². The van der Waals surface area contributed by atoms with Gasteiger partial charge in [-0.05, 0) is 42.8 Å². The molecule has 2 N–H and O–H groups in total. The van der Waals surface area contributed by atoms with E-state index in [9.17, 15) is 23.3 Å². The molecule has 3 aromatic carbocycles. The Labute approximate surface area is 177 Å². The first-order valence-electron chi connectivity index (χ1n) is 8.61. The van der Waals surface area contributed by atoms with Gasteiger partial charge in [0.05, 0.1) is 26.1 Å². The average Bonchev–Trinajstić information content (AvgIpc) is 2.71. The van der Waals surface area contributed by atoms with Crippen LogP contribution in [0.4, 0.5) is 17.1 Å². The summed E-state index contributed by atoms with van der Waals surface area (Å²) in [6.45, 7) is 1.69. The zero-order valence-electron chi connectivity index (χ0n) is 15.6. The van der Waals surface area contributed by atoms with Gasteiger partial charge in [-0.25, -0.2) is 8.42 Å². The molecule has 3 aromatic rings. The van der Waals surface area contributed by atoms with E-state index in [1.54, 1.807) is 25.1 Å². The summed E-state index contributed by atoms with van der Waals surface area (Å²) in [4.78, 5) is 23.2. The predicted octanol–water partition coefficient (Wildman–Crippen LogP) is 4.61. The zero-order chi connectivity index (χ0) is 21.9. The Bertz CT molecular complexity index is 1230. The van der Waals surface area contributed by atoms with Gasteiger partial charge in [0.2, 0.25) is 0 Å². The molecule has 0 unspecified atom stereocenters. The summed E-state index contributed by atoms with van der Waals surface area (Å²) >= 11 is 6.12. The zero-order valence-corrected chi connectivity index (χ0v) is 17.2. The molecule has 0 saturated carbocycles. The third-order valence-electron chi connectivity index (χ3n) is 4.20. The molecular formula is C20H16ClN3O5S. The second-order valence-corrected chi connectivity index (χ2v) is 8.41. The van der Waals surface area contributed by atoms with Gasteiger partial charge in [-0.1, -0.05) is 35.9 Å². The van der Waals surface area contributed by atoms with Crippen molar-refractivity contribution in [3.05, 3.63) is 93.0 Å². The van der Waals surface area contributed by atoms with Crippen LogP contribution < -0.4 is 10.0 Å². The topological polar surface area (TPSA) is 118 Å². The quantitative estimate of drug-likeness (QED) is 0.424. The number of nitro groups is 1. The van der Waals surface area contributed by atoms with E-state index in [4.69, 9.17) is 11.6 Å².